The van der Waals surface area contributed by atoms with Crippen molar-refractivity contribution in [3.8, 4) is 0 Å². The summed E-state index contributed by atoms with van der Waals surface area (Å²) in [7, 11) is 0. The second-order valence-electron chi connectivity index (χ2n) is 2.20. The Morgan fingerprint density at radius 1 is 1.45 bits per heavy atom. The third kappa shape index (κ3) is 1.19. The van der Waals surface area contributed by atoms with Crippen molar-refractivity contribution in [3.63, 3.8) is 0 Å². The van der Waals surface area contributed by atoms with Gasteiger partial charge in [-0.25, -0.2) is 0 Å². The summed E-state index contributed by atoms with van der Waals surface area (Å²) in [6.07, 6.45) is 6.28. The van der Waals surface area contributed by atoms with Crippen molar-refractivity contribution < 1.29 is 9.47 Å². The van der Waals surface area contributed by atoms with Gasteiger partial charge in [-0.1, -0.05) is 0 Å². The van der Waals surface area contributed by atoms with Crippen LogP contribution in [0.5, 0.6) is 0 Å². The van der Waals surface area contributed by atoms with Crippen LogP contribution in [-0.2, 0) is 9.47 Å². The molecule has 58 valence electrons. The quantitative estimate of drug-likeness (QED) is 0.553. The predicted octanol–water partition coefficient (Wildman–Crippen LogP) is 0.647. The highest BCUT2D eigenvalue weighted by Gasteiger charge is 2.13. The van der Waals surface area contributed by atoms with E-state index in [9.17, 15) is 0 Å². The normalized spacial score (nSPS) is 21.1. The van der Waals surface area contributed by atoms with Gasteiger partial charge >= 0.3 is 0 Å². The molecule has 0 bridgehead atoms. The summed E-state index contributed by atoms with van der Waals surface area (Å²) in [5.74, 6) is 0.689. The molecule has 2 aliphatic rings. The van der Waals surface area contributed by atoms with E-state index in [1.54, 1.807) is 12.6 Å². The lowest BCUT2D eigenvalue weighted by Gasteiger charge is -2.17. The van der Waals surface area contributed by atoms with E-state index in [0.29, 0.717) is 5.88 Å². The minimum atomic E-state index is 0.689. The summed E-state index contributed by atoms with van der Waals surface area (Å²) in [6, 6.07) is 0. The van der Waals surface area contributed by atoms with Crippen LogP contribution >= 0.6 is 0 Å². The molecule has 0 fully saturated rings. The second kappa shape index (κ2) is 2.65. The maximum absolute atomic E-state index is 5.15. The molecule has 0 unspecified atom stereocenters. The van der Waals surface area contributed by atoms with Crippen molar-refractivity contribution in [2.75, 3.05) is 13.1 Å². The van der Waals surface area contributed by atoms with Gasteiger partial charge in [0.05, 0.1) is 12.9 Å². The topological polar surface area (TPSA) is 34.1 Å². The summed E-state index contributed by atoms with van der Waals surface area (Å²) in [5, 5.41) is 0. The molecule has 4 heteroatoms. The lowest BCUT2D eigenvalue weighted by atomic mass is 10.6. The lowest BCUT2D eigenvalue weighted by molar-refractivity contribution is 0.194. The first-order valence-corrected chi connectivity index (χ1v) is 3.41. The van der Waals surface area contributed by atoms with E-state index >= 15 is 0 Å². The number of ether oxygens (including phenoxy) is 2. The number of aliphatic imine (C=N–C) groups is 1. The van der Waals surface area contributed by atoms with Crippen molar-refractivity contribution in [2.45, 2.75) is 0 Å². The Balaban J connectivity index is 2.03. The zero-order chi connectivity index (χ0) is 7.52. The molecule has 2 rings (SSSR count). The van der Waals surface area contributed by atoms with Crippen molar-refractivity contribution >= 4 is 6.34 Å². The number of rotatable bonds is 1. The number of hydrogen-bond acceptors (Lipinski definition) is 4. The van der Waals surface area contributed by atoms with Crippen LogP contribution in [0.4, 0.5) is 0 Å². The molecule has 0 saturated carbocycles. The molecule has 0 aromatic rings. The fraction of sp³-hybridized carbons (Fsp3) is 0.286. The Labute approximate surface area is 64.4 Å². The monoisotopic (exact) mass is 152 g/mol. The molecule has 0 aromatic carbocycles. The highest BCUT2D eigenvalue weighted by molar-refractivity contribution is 5.59. The van der Waals surface area contributed by atoms with Crippen LogP contribution in [-0.4, -0.2) is 24.3 Å². The molecular weight excluding hydrogens is 144 g/mol. The molecule has 2 aliphatic heterocycles. The fourth-order valence-electron chi connectivity index (χ4n) is 0.937. The van der Waals surface area contributed by atoms with Gasteiger partial charge in [-0.2, -0.15) is 0 Å². The number of hydrogen-bond donors (Lipinski definition) is 0. The van der Waals surface area contributed by atoms with Gasteiger partial charge in [0.1, 0.15) is 12.5 Å². The molecule has 0 radical (unpaired) electrons. The van der Waals surface area contributed by atoms with E-state index in [1.807, 2.05) is 4.90 Å². The van der Waals surface area contributed by atoms with Crippen molar-refractivity contribution in [3.05, 3.63) is 24.7 Å². The first kappa shape index (κ1) is 6.27. The van der Waals surface area contributed by atoms with Crippen LogP contribution in [0.3, 0.4) is 0 Å². The molecular formula is C7H8N2O2. The summed E-state index contributed by atoms with van der Waals surface area (Å²) >= 11 is 0. The molecule has 0 saturated heterocycles. The Hall–Kier alpha value is -1.45. The fourth-order valence-corrected chi connectivity index (χ4v) is 0.937. The maximum Gasteiger partial charge on any atom is 0.236 e. The van der Waals surface area contributed by atoms with Crippen LogP contribution in [0.2, 0.25) is 0 Å². The van der Waals surface area contributed by atoms with Crippen LogP contribution in [0.25, 0.3) is 0 Å². The second-order valence-corrected chi connectivity index (χ2v) is 2.20. The zero-order valence-corrected chi connectivity index (χ0v) is 5.93. The molecule has 0 aliphatic carbocycles. The van der Waals surface area contributed by atoms with Gasteiger partial charge in [-0.05, 0) is 0 Å². The Morgan fingerprint density at radius 3 is 3.09 bits per heavy atom. The largest absolute Gasteiger partial charge is 0.464 e. The van der Waals surface area contributed by atoms with Crippen molar-refractivity contribution in [1.29, 1.82) is 0 Å². The minimum Gasteiger partial charge on any atom is -0.464 e. The first-order valence-electron chi connectivity index (χ1n) is 3.41. The first-order chi connectivity index (χ1) is 5.47. The molecule has 2 heterocycles. The minimum absolute atomic E-state index is 0.689. The van der Waals surface area contributed by atoms with E-state index in [-0.39, 0.29) is 0 Å². The van der Waals surface area contributed by atoms with Crippen LogP contribution in [0.1, 0.15) is 0 Å². The Morgan fingerprint density at radius 2 is 2.45 bits per heavy atom. The maximum atomic E-state index is 5.15. The Bertz CT molecular complexity index is 233. The average molecular weight is 152 g/mol. The molecule has 0 amide bonds. The van der Waals surface area contributed by atoms with Crippen LogP contribution in [0.15, 0.2) is 29.7 Å². The molecule has 0 N–H and O–H groups in total. The highest BCUT2D eigenvalue weighted by atomic mass is 16.5. The van der Waals surface area contributed by atoms with Gasteiger partial charge in [-0.3, -0.25) is 9.89 Å². The van der Waals surface area contributed by atoms with Crippen molar-refractivity contribution in [2.24, 2.45) is 4.99 Å². The van der Waals surface area contributed by atoms with E-state index in [2.05, 4.69) is 4.99 Å². The summed E-state index contributed by atoms with van der Waals surface area (Å²) in [4.78, 5) is 5.93. The summed E-state index contributed by atoms with van der Waals surface area (Å²) in [6.45, 7) is 1.69. The van der Waals surface area contributed by atoms with E-state index in [0.717, 1.165) is 13.1 Å². The smallest absolute Gasteiger partial charge is 0.236 e. The molecule has 0 atom stereocenters. The average Bonchev–Trinajstić information content (AvgIpc) is 2.58. The van der Waals surface area contributed by atoms with E-state index < -0.39 is 0 Å². The van der Waals surface area contributed by atoms with Crippen LogP contribution in [0, 0.1) is 0 Å². The molecule has 0 aromatic heterocycles. The Kier molecular flexibility index (Phi) is 1.51. The van der Waals surface area contributed by atoms with E-state index in [1.165, 1.54) is 12.5 Å². The number of nitrogens with zero attached hydrogens (tertiary/aromatic N) is 2. The van der Waals surface area contributed by atoms with Crippen LogP contribution < -0.4 is 0 Å². The molecule has 4 nitrogen and oxygen atoms in total. The van der Waals surface area contributed by atoms with Crippen molar-refractivity contribution in [1.82, 2.24) is 4.90 Å². The standard InChI is InChI=1S/C7H8N2O2/c1-2-9(6-8-1)7-5-10-3-4-11-7/h3-6H,1-2H2. The summed E-state index contributed by atoms with van der Waals surface area (Å²) in [5.41, 5.74) is 0. The van der Waals surface area contributed by atoms with Gasteiger partial charge in [0, 0.05) is 6.54 Å². The highest BCUT2D eigenvalue weighted by Crippen LogP contribution is 2.11. The third-order valence-corrected chi connectivity index (χ3v) is 1.47. The van der Waals surface area contributed by atoms with Gasteiger partial charge in [0.25, 0.3) is 0 Å². The SMILES string of the molecule is C1=COC(N2C=NCC2)=CO1. The van der Waals surface area contributed by atoms with Gasteiger partial charge in [-0.15, -0.1) is 0 Å². The lowest BCUT2D eigenvalue weighted by Crippen LogP contribution is -2.20. The predicted molar refractivity (Wildman–Crippen MR) is 39.5 cm³/mol. The third-order valence-electron chi connectivity index (χ3n) is 1.47. The van der Waals surface area contributed by atoms with Gasteiger partial charge < -0.3 is 9.47 Å². The van der Waals surface area contributed by atoms with Gasteiger partial charge in [0.15, 0.2) is 6.26 Å². The van der Waals surface area contributed by atoms with Gasteiger partial charge in [0.2, 0.25) is 5.88 Å². The summed E-state index contributed by atoms with van der Waals surface area (Å²) < 4.78 is 10.1. The molecule has 11 heavy (non-hydrogen) atoms. The van der Waals surface area contributed by atoms with E-state index in [4.69, 9.17) is 9.47 Å². The zero-order valence-electron chi connectivity index (χ0n) is 5.93. The molecule has 0 spiro atoms.